The van der Waals surface area contributed by atoms with Crippen molar-refractivity contribution in [2.45, 2.75) is 6.54 Å². The maximum atomic E-state index is 2.26. The molecule has 0 aliphatic heterocycles. The molecular formula is C20H18N+. The molecule has 0 fully saturated rings. The van der Waals surface area contributed by atoms with E-state index < -0.39 is 0 Å². The van der Waals surface area contributed by atoms with E-state index in [1.54, 1.807) is 0 Å². The zero-order valence-corrected chi connectivity index (χ0v) is 11.9. The normalized spacial score (nSPS) is 10.9. The van der Waals surface area contributed by atoms with Gasteiger partial charge < -0.3 is 0 Å². The van der Waals surface area contributed by atoms with Crippen molar-refractivity contribution in [2.24, 2.45) is 0 Å². The van der Waals surface area contributed by atoms with Crippen molar-refractivity contribution in [2.75, 3.05) is 0 Å². The van der Waals surface area contributed by atoms with Crippen molar-refractivity contribution >= 4 is 12.2 Å². The highest BCUT2D eigenvalue weighted by molar-refractivity contribution is 5.66. The van der Waals surface area contributed by atoms with Gasteiger partial charge in [-0.15, -0.1) is 0 Å². The van der Waals surface area contributed by atoms with Gasteiger partial charge >= 0.3 is 0 Å². The Bertz CT molecular complexity index is 715. The van der Waals surface area contributed by atoms with Gasteiger partial charge in [0.2, 0.25) is 5.69 Å². The fourth-order valence-electron chi connectivity index (χ4n) is 2.31. The molecule has 1 heterocycles. The molecule has 0 N–H and O–H groups in total. The number of pyridine rings is 1. The molecule has 3 aromatic rings. The van der Waals surface area contributed by atoms with Crippen LogP contribution in [-0.4, -0.2) is 0 Å². The van der Waals surface area contributed by atoms with E-state index in [4.69, 9.17) is 0 Å². The van der Waals surface area contributed by atoms with Crippen LogP contribution in [0.15, 0.2) is 85.1 Å². The minimum absolute atomic E-state index is 0.885. The highest BCUT2D eigenvalue weighted by Crippen LogP contribution is 2.06. The molecular weight excluding hydrogens is 254 g/mol. The summed E-state index contributed by atoms with van der Waals surface area (Å²) in [6.45, 7) is 0.885. The maximum absolute atomic E-state index is 2.26. The van der Waals surface area contributed by atoms with Gasteiger partial charge in [0, 0.05) is 23.8 Å². The molecule has 102 valence electrons. The molecule has 0 spiro atoms. The molecule has 2 aromatic carbocycles. The highest BCUT2D eigenvalue weighted by Gasteiger charge is 2.07. The van der Waals surface area contributed by atoms with E-state index in [-0.39, 0.29) is 0 Å². The lowest BCUT2D eigenvalue weighted by molar-refractivity contribution is -0.690. The summed E-state index contributed by atoms with van der Waals surface area (Å²) in [7, 11) is 0. The minimum Gasteiger partial charge on any atom is -0.194 e. The van der Waals surface area contributed by atoms with Crippen LogP contribution in [0.5, 0.6) is 0 Å². The number of nitrogens with zero attached hydrogens (tertiary/aromatic N) is 1. The average Bonchev–Trinajstić information content (AvgIpc) is 2.56. The Morgan fingerprint density at radius 1 is 0.667 bits per heavy atom. The Labute approximate surface area is 125 Å². The molecule has 1 aromatic heterocycles. The zero-order valence-electron chi connectivity index (χ0n) is 11.9. The Morgan fingerprint density at radius 3 is 2.10 bits per heavy atom. The van der Waals surface area contributed by atoms with Crippen molar-refractivity contribution in [3.63, 3.8) is 0 Å². The van der Waals surface area contributed by atoms with E-state index in [0.717, 1.165) is 6.54 Å². The first-order valence-corrected chi connectivity index (χ1v) is 7.17. The summed E-state index contributed by atoms with van der Waals surface area (Å²) in [6.07, 6.45) is 6.44. The average molecular weight is 272 g/mol. The predicted octanol–water partition coefficient (Wildman–Crippen LogP) is 4.19. The third kappa shape index (κ3) is 3.67. The van der Waals surface area contributed by atoms with E-state index in [1.807, 2.05) is 6.07 Å². The van der Waals surface area contributed by atoms with E-state index in [9.17, 15) is 0 Å². The van der Waals surface area contributed by atoms with Gasteiger partial charge in [-0.2, -0.15) is 4.57 Å². The number of benzene rings is 2. The molecule has 3 rings (SSSR count). The summed E-state index contributed by atoms with van der Waals surface area (Å²) in [5.74, 6) is 0. The smallest absolute Gasteiger partial charge is 0.194 e. The topological polar surface area (TPSA) is 3.88 Å². The van der Waals surface area contributed by atoms with Crippen LogP contribution in [0.3, 0.4) is 0 Å². The molecule has 0 unspecified atom stereocenters. The van der Waals surface area contributed by atoms with Crippen LogP contribution in [-0.2, 0) is 6.54 Å². The van der Waals surface area contributed by atoms with Gasteiger partial charge in [0.1, 0.15) is 0 Å². The number of hydrogen-bond donors (Lipinski definition) is 0. The van der Waals surface area contributed by atoms with Crippen LogP contribution >= 0.6 is 0 Å². The van der Waals surface area contributed by atoms with Crippen molar-refractivity contribution in [3.8, 4) is 0 Å². The van der Waals surface area contributed by atoms with Gasteiger partial charge in [0.15, 0.2) is 12.7 Å². The fraction of sp³-hybridized carbons (Fsp3) is 0.0500. The molecule has 0 aliphatic rings. The lowest BCUT2D eigenvalue weighted by Crippen LogP contribution is -2.36. The van der Waals surface area contributed by atoms with Crippen LogP contribution < -0.4 is 4.57 Å². The van der Waals surface area contributed by atoms with E-state index >= 15 is 0 Å². The van der Waals surface area contributed by atoms with Crippen LogP contribution in [0.2, 0.25) is 0 Å². The van der Waals surface area contributed by atoms with E-state index in [2.05, 4.69) is 95.7 Å². The quantitative estimate of drug-likeness (QED) is 0.627. The van der Waals surface area contributed by atoms with E-state index in [0.29, 0.717) is 0 Å². The SMILES string of the molecule is C(=Cc1cccc[n+]1Cc1ccccc1)c1ccccc1. The number of aromatic nitrogens is 1. The molecule has 0 saturated heterocycles. The van der Waals surface area contributed by atoms with Crippen molar-refractivity contribution in [3.05, 3.63) is 102 Å². The summed E-state index contributed by atoms with van der Waals surface area (Å²) in [5.41, 5.74) is 3.72. The predicted molar refractivity (Wildman–Crippen MR) is 87.6 cm³/mol. The molecule has 1 nitrogen and oxygen atoms in total. The fourth-order valence-corrected chi connectivity index (χ4v) is 2.31. The molecule has 0 radical (unpaired) electrons. The Kier molecular flexibility index (Phi) is 4.23. The standard InChI is InChI=1S/C20H18N/c1-3-9-18(10-4-1)14-15-20-13-7-8-16-21(20)17-19-11-5-2-6-12-19/h1-16H,17H2/q+1. The monoisotopic (exact) mass is 272 g/mol. The van der Waals surface area contributed by atoms with Crippen molar-refractivity contribution in [1.29, 1.82) is 0 Å². The number of rotatable bonds is 4. The largest absolute Gasteiger partial charge is 0.205 e. The third-order valence-electron chi connectivity index (χ3n) is 3.42. The molecule has 0 amide bonds. The maximum Gasteiger partial charge on any atom is 0.205 e. The van der Waals surface area contributed by atoms with Crippen molar-refractivity contribution in [1.82, 2.24) is 0 Å². The summed E-state index contributed by atoms with van der Waals surface area (Å²) in [5, 5.41) is 0. The first-order chi connectivity index (χ1) is 10.4. The Balaban J connectivity index is 1.84. The van der Waals surface area contributed by atoms with Gasteiger partial charge in [-0.3, -0.25) is 0 Å². The first-order valence-electron chi connectivity index (χ1n) is 7.17. The Hall–Kier alpha value is -2.67. The van der Waals surface area contributed by atoms with Crippen LogP contribution in [0.25, 0.3) is 12.2 Å². The molecule has 0 atom stereocenters. The first kappa shape index (κ1) is 13.3. The van der Waals surface area contributed by atoms with Gasteiger partial charge in [-0.05, 0) is 17.7 Å². The summed E-state index contributed by atoms with van der Waals surface area (Å²) >= 11 is 0. The van der Waals surface area contributed by atoms with Gasteiger partial charge in [-0.1, -0.05) is 60.7 Å². The molecule has 0 saturated carbocycles. The van der Waals surface area contributed by atoms with Crippen LogP contribution in [0.4, 0.5) is 0 Å². The summed E-state index contributed by atoms with van der Waals surface area (Å²) in [4.78, 5) is 0. The summed E-state index contributed by atoms with van der Waals surface area (Å²) in [6, 6.07) is 27.2. The van der Waals surface area contributed by atoms with Crippen LogP contribution in [0, 0.1) is 0 Å². The lowest BCUT2D eigenvalue weighted by Gasteiger charge is -2.01. The molecule has 21 heavy (non-hydrogen) atoms. The molecule has 1 heteroatoms. The zero-order chi connectivity index (χ0) is 14.3. The van der Waals surface area contributed by atoms with Gasteiger partial charge in [-0.25, -0.2) is 0 Å². The molecule has 0 aliphatic carbocycles. The van der Waals surface area contributed by atoms with E-state index in [1.165, 1.54) is 16.8 Å². The van der Waals surface area contributed by atoms with Crippen molar-refractivity contribution < 1.29 is 4.57 Å². The number of hydrogen-bond acceptors (Lipinski definition) is 0. The second-order valence-electron chi connectivity index (χ2n) is 4.98. The highest BCUT2D eigenvalue weighted by atomic mass is 14.9. The second kappa shape index (κ2) is 6.67. The summed E-state index contributed by atoms with van der Waals surface area (Å²) < 4.78 is 2.26. The van der Waals surface area contributed by atoms with Gasteiger partial charge in [0.05, 0.1) is 0 Å². The second-order valence-corrected chi connectivity index (χ2v) is 4.98. The molecule has 0 bridgehead atoms. The van der Waals surface area contributed by atoms with Crippen LogP contribution in [0.1, 0.15) is 16.8 Å². The van der Waals surface area contributed by atoms with Gasteiger partial charge in [0.25, 0.3) is 0 Å². The Morgan fingerprint density at radius 2 is 1.33 bits per heavy atom. The lowest BCUT2D eigenvalue weighted by atomic mass is 10.2. The minimum atomic E-state index is 0.885. The third-order valence-corrected chi connectivity index (χ3v) is 3.42.